The summed E-state index contributed by atoms with van der Waals surface area (Å²) in [6.45, 7) is 12.4. The van der Waals surface area contributed by atoms with Crippen molar-refractivity contribution in [3.8, 4) is 0 Å². The van der Waals surface area contributed by atoms with Crippen molar-refractivity contribution in [2.45, 2.75) is 52.6 Å². The molecule has 0 unspecified atom stereocenters. The molecule has 1 aromatic heterocycles. The molecule has 3 saturated heterocycles. The predicted molar refractivity (Wildman–Crippen MR) is 96.4 cm³/mol. The normalized spacial score (nSPS) is 25.3. The number of nitrogens with zero attached hydrogens (tertiary/aromatic N) is 3. The lowest BCUT2D eigenvalue weighted by molar-refractivity contribution is 0.146. The van der Waals surface area contributed by atoms with Crippen molar-refractivity contribution < 1.29 is 0 Å². The maximum Gasteiger partial charge on any atom is 0.0544 e. The van der Waals surface area contributed by atoms with Crippen LogP contribution in [0.2, 0.25) is 0 Å². The van der Waals surface area contributed by atoms with Gasteiger partial charge in [0.2, 0.25) is 0 Å². The van der Waals surface area contributed by atoms with E-state index in [-0.39, 0.29) is 0 Å². The van der Waals surface area contributed by atoms with E-state index < -0.39 is 0 Å². The fourth-order valence-electron chi connectivity index (χ4n) is 3.92. The van der Waals surface area contributed by atoms with E-state index in [0.717, 1.165) is 31.5 Å². The van der Waals surface area contributed by atoms with Gasteiger partial charge in [-0.1, -0.05) is 24.6 Å². The molecule has 0 saturated carbocycles. The van der Waals surface area contributed by atoms with E-state index in [1.165, 1.54) is 49.3 Å². The molecule has 3 fully saturated rings. The van der Waals surface area contributed by atoms with Crippen molar-refractivity contribution in [3.63, 3.8) is 0 Å². The fraction of sp³-hybridized carbons (Fsp3) is 0.650. The summed E-state index contributed by atoms with van der Waals surface area (Å²) in [6, 6.07) is 5.17. The Kier molecular flexibility index (Phi) is 5.50. The number of piperidine rings is 1. The number of hydrogen-bond donors (Lipinski definition) is 0. The number of allylic oxidation sites excluding steroid dienone is 1. The van der Waals surface area contributed by atoms with Gasteiger partial charge in [0.15, 0.2) is 0 Å². The van der Waals surface area contributed by atoms with Crippen LogP contribution in [0.15, 0.2) is 30.0 Å². The Morgan fingerprint density at radius 1 is 1.22 bits per heavy atom. The standard InChI is InChI=1S/C20H31N3/c1-4-17-5-7-19(21-11-17)14-22-12-18-6-8-20(15-22)23(13-18)10-9-16(2)3/h5,7,9,11,18,20H,4,6,8,10,12-15H2,1-3H3/t18-,20+/m0/s1. The molecule has 0 amide bonds. The Bertz CT molecular complexity index is 530. The van der Waals surface area contributed by atoms with Gasteiger partial charge in [-0.15, -0.1) is 0 Å². The molecular formula is C20H31N3. The number of aromatic nitrogens is 1. The lowest BCUT2D eigenvalue weighted by Crippen LogP contribution is -2.43. The van der Waals surface area contributed by atoms with E-state index in [2.05, 4.69) is 53.8 Å². The Hall–Kier alpha value is -1.19. The second-order valence-electron chi connectivity index (χ2n) is 7.54. The number of pyridine rings is 1. The van der Waals surface area contributed by atoms with Gasteiger partial charge in [0.25, 0.3) is 0 Å². The highest BCUT2D eigenvalue weighted by Crippen LogP contribution is 2.28. The molecule has 0 spiro atoms. The van der Waals surface area contributed by atoms with Gasteiger partial charge < -0.3 is 0 Å². The van der Waals surface area contributed by atoms with Gasteiger partial charge in [-0.25, -0.2) is 0 Å². The van der Waals surface area contributed by atoms with Gasteiger partial charge >= 0.3 is 0 Å². The van der Waals surface area contributed by atoms with Gasteiger partial charge in [-0.05, 0) is 50.7 Å². The minimum absolute atomic E-state index is 0.722. The largest absolute Gasteiger partial charge is 0.296 e. The Balaban J connectivity index is 1.63. The third-order valence-electron chi connectivity index (χ3n) is 5.32. The average Bonchev–Trinajstić information content (AvgIpc) is 2.84. The van der Waals surface area contributed by atoms with Crippen molar-refractivity contribution in [1.82, 2.24) is 14.8 Å². The topological polar surface area (TPSA) is 19.4 Å². The Morgan fingerprint density at radius 3 is 2.78 bits per heavy atom. The van der Waals surface area contributed by atoms with Gasteiger partial charge in [-0.3, -0.25) is 14.8 Å². The molecule has 3 nitrogen and oxygen atoms in total. The Labute approximate surface area is 141 Å². The second-order valence-corrected chi connectivity index (χ2v) is 7.54. The monoisotopic (exact) mass is 313 g/mol. The van der Waals surface area contributed by atoms with Crippen LogP contribution in [0.3, 0.4) is 0 Å². The van der Waals surface area contributed by atoms with Crippen molar-refractivity contribution in [2.24, 2.45) is 5.92 Å². The second kappa shape index (κ2) is 7.59. The predicted octanol–water partition coefficient (Wildman–Crippen LogP) is 3.51. The minimum atomic E-state index is 0.722. The van der Waals surface area contributed by atoms with Gasteiger partial charge in [-0.2, -0.15) is 0 Å². The summed E-state index contributed by atoms with van der Waals surface area (Å²) in [5.74, 6) is 0.828. The number of rotatable bonds is 5. The summed E-state index contributed by atoms with van der Waals surface area (Å²) in [6.07, 6.45) is 8.26. The van der Waals surface area contributed by atoms with Crippen LogP contribution < -0.4 is 0 Å². The highest BCUT2D eigenvalue weighted by Gasteiger charge is 2.34. The van der Waals surface area contributed by atoms with Crippen molar-refractivity contribution in [3.05, 3.63) is 41.2 Å². The van der Waals surface area contributed by atoms with Crippen LogP contribution in [0.4, 0.5) is 0 Å². The third kappa shape index (κ3) is 4.42. The maximum atomic E-state index is 4.66. The summed E-state index contributed by atoms with van der Waals surface area (Å²) in [7, 11) is 0. The zero-order chi connectivity index (χ0) is 16.2. The van der Waals surface area contributed by atoms with Gasteiger partial charge in [0, 0.05) is 45.0 Å². The van der Waals surface area contributed by atoms with E-state index in [1.54, 1.807) is 0 Å². The fourth-order valence-corrected chi connectivity index (χ4v) is 3.92. The highest BCUT2D eigenvalue weighted by atomic mass is 15.3. The molecule has 1 aromatic rings. The minimum Gasteiger partial charge on any atom is -0.296 e. The van der Waals surface area contributed by atoms with E-state index in [0.29, 0.717) is 0 Å². The first-order valence-electron chi connectivity index (χ1n) is 9.17. The molecule has 3 aliphatic heterocycles. The zero-order valence-electron chi connectivity index (χ0n) is 15.0. The van der Waals surface area contributed by atoms with Crippen molar-refractivity contribution in [2.75, 3.05) is 26.2 Å². The SMILES string of the molecule is CCc1ccc(CN2C[C@@H]3CC[C@H](C2)N(CC=C(C)C)C3)nc1. The molecule has 3 heteroatoms. The molecule has 0 radical (unpaired) electrons. The van der Waals surface area contributed by atoms with Crippen LogP contribution in [0, 0.1) is 5.92 Å². The van der Waals surface area contributed by atoms with E-state index in [9.17, 15) is 0 Å². The summed E-state index contributed by atoms with van der Waals surface area (Å²) in [4.78, 5) is 10.00. The van der Waals surface area contributed by atoms with Crippen LogP contribution in [0.5, 0.6) is 0 Å². The number of fused-ring (bicyclic) bond motifs is 4. The Morgan fingerprint density at radius 2 is 2.09 bits per heavy atom. The molecule has 2 bridgehead atoms. The first-order chi connectivity index (χ1) is 11.1. The summed E-state index contributed by atoms with van der Waals surface area (Å²) in [5.41, 5.74) is 3.99. The summed E-state index contributed by atoms with van der Waals surface area (Å²) in [5, 5.41) is 0. The van der Waals surface area contributed by atoms with Crippen LogP contribution in [-0.4, -0.2) is 47.0 Å². The zero-order valence-corrected chi connectivity index (χ0v) is 15.0. The molecule has 126 valence electrons. The lowest BCUT2D eigenvalue weighted by atomic mass is 9.95. The summed E-state index contributed by atoms with van der Waals surface area (Å²) >= 11 is 0. The molecule has 0 aliphatic carbocycles. The quantitative estimate of drug-likeness (QED) is 0.776. The van der Waals surface area contributed by atoms with Crippen LogP contribution in [0.25, 0.3) is 0 Å². The third-order valence-corrected chi connectivity index (χ3v) is 5.32. The maximum absolute atomic E-state index is 4.66. The first kappa shape index (κ1) is 16.7. The molecule has 4 rings (SSSR count). The molecule has 0 N–H and O–H groups in total. The van der Waals surface area contributed by atoms with Crippen molar-refractivity contribution in [1.29, 1.82) is 0 Å². The number of hydrogen-bond acceptors (Lipinski definition) is 3. The molecular weight excluding hydrogens is 282 g/mol. The number of aryl methyl sites for hydroxylation is 1. The van der Waals surface area contributed by atoms with Crippen LogP contribution >= 0.6 is 0 Å². The molecule has 4 heterocycles. The van der Waals surface area contributed by atoms with E-state index in [4.69, 9.17) is 0 Å². The highest BCUT2D eigenvalue weighted by molar-refractivity contribution is 5.14. The van der Waals surface area contributed by atoms with Crippen LogP contribution in [0.1, 0.15) is 44.9 Å². The van der Waals surface area contributed by atoms with E-state index >= 15 is 0 Å². The van der Waals surface area contributed by atoms with Gasteiger partial charge in [0.05, 0.1) is 5.69 Å². The molecule has 2 atom stereocenters. The van der Waals surface area contributed by atoms with Crippen LogP contribution in [-0.2, 0) is 13.0 Å². The molecule has 3 aliphatic rings. The van der Waals surface area contributed by atoms with Gasteiger partial charge in [0.1, 0.15) is 0 Å². The van der Waals surface area contributed by atoms with E-state index in [1.807, 2.05) is 6.20 Å². The summed E-state index contributed by atoms with van der Waals surface area (Å²) < 4.78 is 0. The smallest absolute Gasteiger partial charge is 0.0544 e. The molecule has 23 heavy (non-hydrogen) atoms. The molecule has 0 aromatic carbocycles. The average molecular weight is 313 g/mol. The van der Waals surface area contributed by atoms with Crippen molar-refractivity contribution >= 4 is 0 Å². The lowest BCUT2D eigenvalue weighted by Gasteiger charge is -2.35. The first-order valence-corrected chi connectivity index (χ1v) is 9.17.